The number of carbonyl (C=O) groups excluding carboxylic acids is 1. The summed E-state index contributed by atoms with van der Waals surface area (Å²) in [5.74, 6) is 1.20. The lowest BCUT2D eigenvalue weighted by atomic mass is 10.1. The molecule has 1 heterocycles. The Kier molecular flexibility index (Phi) is 5.14. The fourth-order valence-corrected chi connectivity index (χ4v) is 2.15. The van der Waals surface area contributed by atoms with Gasteiger partial charge in [0, 0.05) is 31.4 Å². The van der Waals surface area contributed by atoms with E-state index in [2.05, 4.69) is 27.0 Å². The molecule has 0 saturated carbocycles. The molecule has 0 bridgehead atoms. The van der Waals surface area contributed by atoms with Crippen LogP contribution in [0.1, 0.15) is 37.2 Å². The molecule has 1 atom stereocenters. The molecule has 2 aromatic rings. The van der Waals surface area contributed by atoms with Crippen LogP contribution in [0.3, 0.4) is 0 Å². The number of hydrogen-bond acceptors (Lipinski definition) is 2. The number of aromatic nitrogens is 2. The molecule has 21 heavy (non-hydrogen) atoms. The van der Waals surface area contributed by atoms with Gasteiger partial charge in [-0.3, -0.25) is 4.79 Å². The highest BCUT2D eigenvalue weighted by atomic mass is 16.1. The quantitative estimate of drug-likeness (QED) is 0.887. The number of carbonyl (C=O) groups is 1. The summed E-state index contributed by atoms with van der Waals surface area (Å²) in [4.78, 5) is 16.0. The molecule has 1 aromatic heterocycles. The first-order chi connectivity index (χ1) is 10.1. The van der Waals surface area contributed by atoms with Crippen molar-refractivity contribution in [3.8, 4) is 0 Å². The Labute approximate surface area is 126 Å². The highest BCUT2D eigenvalue weighted by molar-refractivity contribution is 5.78. The zero-order valence-electron chi connectivity index (χ0n) is 13.0. The van der Waals surface area contributed by atoms with Gasteiger partial charge in [-0.25, -0.2) is 4.98 Å². The maximum atomic E-state index is 11.8. The fraction of sp³-hybridized carbons (Fsp3) is 0.412. The maximum Gasteiger partial charge on any atom is 0.223 e. The van der Waals surface area contributed by atoms with E-state index < -0.39 is 0 Å². The van der Waals surface area contributed by atoms with Crippen molar-refractivity contribution in [2.75, 3.05) is 0 Å². The Morgan fingerprint density at radius 2 is 2.14 bits per heavy atom. The van der Waals surface area contributed by atoms with Crippen molar-refractivity contribution < 1.29 is 4.79 Å². The Morgan fingerprint density at radius 3 is 2.81 bits per heavy atom. The van der Waals surface area contributed by atoms with E-state index in [9.17, 15) is 4.79 Å². The average molecular weight is 285 g/mol. The molecular weight excluding hydrogens is 262 g/mol. The molecule has 1 amide bonds. The van der Waals surface area contributed by atoms with Crippen LogP contribution < -0.4 is 5.32 Å². The Hall–Kier alpha value is -2.10. The minimum atomic E-state index is 0.0711. The van der Waals surface area contributed by atoms with Crippen molar-refractivity contribution in [3.05, 3.63) is 53.6 Å². The SMILES string of the molecule is CCC(C)C(=O)NCc1cccc(Cn2ccnc2C)c1. The van der Waals surface area contributed by atoms with Gasteiger partial charge in [-0.05, 0) is 24.5 Å². The summed E-state index contributed by atoms with van der Waals surface area (Å²) in [5, 5.41) is 2.99. The number of nitrogens with zero attached hydrogens (tertiary/aromatic N) is 2. The summed E-state index contributed by atoms with van der Waals surface area (Å²) in [6, 6.07) is 8.31. The van der Waals surface area contributed by atoms with Crippen molar-refractivity contribution in [2.24, 2.45) is 5.92 Å². The number of rotatable bonds is 6. The van der Waals surface area contributed by atoms with E-state index in [1.165, 1.54) is 5.56 Å². The summed E-state index contributed by atoms with van der Waals surface area (Å²) in [7, 11) is 0. The van der Waals surface area contributed by atoms with Crippen molar-refractivity contribution in [3.63, 3.8) is 0 Å². The highest BCUT2D eigenvalue weighted by Crippen LogP contribution is 2.09. The van der Waals surface area contributed by atoms with Crippen LogP contribution in [0.25, 0.3) is 0 Å². The van der Waals surface area contributed by atoms with Crippen LogP contribution in [-0.4, -0.2) is 15.5 Å². The van der Waals surface area contributed by atoms with E-state index >= 15 is 0 Å². The molecule has 1 unspecified atom stereocenters. The second-order valence-corrected chi connectivity index (χ2v) is 5.45. The van der Waals surface area contributed by atoms with Crippen LogP contribution in [0.5, 0.6) is 0 Å². The minimum absolute atomic E-state index is 0.0711. The van der Waals surface area contributed by atoms with Crippen LogP contribution in [0.2, 0.25) is 0 Å². The molecule has 2 rings (SSSR count). The molecular formula is C17H23N3O. The molecule has 0 spiro atoms. The summed E-state index contributed by atoms with van der Waals surface area (Å²) < 4.78 is 2.11. The van der Waals surface area contributed by atoms with Gasteiger partial charge in [-0.1, -0.05) is 38.1 Å². The van der Waals surface area contributed by atoms with Gasteiger partial charge in [0.2, 0.25) is 5.91 Å². The second kappa shape index (κ2) is 7.07. The summed E-state index contributed by atoms with van der Waals surface area (Å²) in [6.07, 6.45) is 4.66. The smallest absolute Gasteiger partial charge is 0.223 e. The lowest BCUT2D eigenvalue weighted by molar-refractivity contribution is -0.124. The fourth-order valence-electron chi connectivity index (χ4n) is 2.15. The third kappa shape index (κ3) is 4.18. The van der Waals surface area contributed by atoms with E-state index in [0.717, 1.165) is 24.4 Å². The van der Waals surface area contributed by atoms with Gasteiger partial charge in [0.1, 0.15) is 5.82 Å². The molecule has 0 aliphatic carbocycles. The number of nitrogens with one attached hydrogen (secondary N) is 1. The molecule has 112 valence electrons. The standard InChI is InChI=1S/C17H23N3O/c1-4-13(2)17(21)19-11-15-6-5-7-16(10-15)12-20-9-8-18-14(20)3/h5-10,13H,4,11-12H2,1-3H3,(H,19,21). The average Bonchev–Trinajstić information content (AvgIpc) is 2.89. The maximum absolute atomic E-state index is 11.8. The predicted molar refractivity (Wildman–Crippen MR) is 83.8 cm³/mol. The van der Waals surface area contributed by atoms with Crippen LogP contribution in [0.4, 0.5) is 0 Å². The molecule has 4 heteroatoms. The zero-order valence-corrected chi connectivity index (χ0v) is 13.0. The number of imidazole rings is 1. The third-order valence-corrected chi connectivity index (χ3v) is 3.79. The molecule has 0 radical (unpaired) electrons. The molecule has 4 nitrogen and oxygen atoms in total. The lowest BCUT2D eigenvalue weighted by Gasteiger charge is -2.11. The summed E-state index contributed by atoms with van der Waals surface area (Å²) in [6.45, 7) is 7.36. The van der Waals surface area contributed by atoms with Crippen LogP contribution >= 0.6 is 0 Å². The van der Waals surface area contributed by atoms with Gasteiger partial charge in [0.25, 0.3) is 0 Å². The minimum Gasteiger partial charge on any atom is -0.352 e. The summed E-state index contributed by atoms with van der Waals surface area (Å²) >= 11 is 0. The van der Waals surface area contributed by atoms with E-state index in [4.69, 9.17) is 0 Å². The van der Waals surface area contributed by atoms with Crippen molar-refractivity contribution in [1.82, 2.24) is 14.9 Å². The van der Waals surface area contributed by atoms with E-state index in [1.54, 1.807) is 0 Å². The molecule has 0 aliphatic rings. The molecule has 0 fully saturated rings. The number of aryl methyl sites for hydroxylation is 1. The van der Waals surface area contributed by atoms with Gasteiger partial charge in [-0.2, -0.15) is 0 Å². The van der Waals surface area contributed by atoms with Crippen LogP contribution in [0.15, 0.2) is 36.7 Å². The van der Waals surface area contributed by atoms with Gasteiger partial charge in [-0.15, -0.1) is 0 Å². The number of hydrogen-bond donors (Lipinski definition) is 1. The van der Waals surface area contributed by atoms with Gasteiger partial charge in [0.05, 0.1) is 0 Å². The number of benzene rings is 1. The lowest BCUT2D eigenvalue weighted by Crippen LogP contribution is -2.28. The van der Waals surface area contributed by atoms with Crippen molar-refractivity contribution in [1.29, 1.82) is 0 Å². The van der Waals surface area contributed by atoms with E-state index in [-0.39, 0.29) is 11.8 Å². The van der Waals surface area contributed by atoms with Gasteiger partial charge < -0.3 is 9.88 Å². The van der Waals surface area contributed by atoms with E-state index in [1.807, 2.05) is 45.3 Å². The van der Waals surface area contributed by atoms with Crippen LogP contribution in [-0.2, 0) is 17.9 Å². The largest absolute Gasteiger partial charge is 0.352 e. The topological polar surface area (TPSA) is 46.9 Å². The first-order valence-corrected chi connectivity index (χ1v) is 7.43. The Morgan fingerprint density at radius 1 is 1.38 bits per heavy atom. The van der Waals surface area contributed by atoms with E-state index in [0.29, 0.717) is 6.54 Å². The van der Waals surface area contributed by atoms with Crippen LogP contribution in [0, 0.1) is 12.8 Å². The first kappa shape index (κ1) is 15.3. The molecule has 1 aromatic carbocycles. The second-order valence-electron chi connectivity index (χ2n) is 5.45. The summed E-state index contributed by atoms with van der Waals surface area (Å²) in [5.41, 5.74) is 2.34. The number of amides is 1. The Bertz CT molecular complexity index is 604. The normalized spacial score (nSPS) is 12.1. The molecule has 0 saturated heterocycles. The van der Waals surface area contributed by atoms with Crippen molar-refractivity contribution in [2.45, 2.75) is 40.3 Å². The third-order valence-electron chi connectivity index (χ3n) is 3.79. The van der Waals surface area contributed by atoms with Gasteiger partial charge >= 0.3 is 0 Å². The Balaban J connectivity index is 1.98. The predicted octanol–water partition coefficient (Wildman–Crippen LogP) is 2.90. The highest BCUT2D eigenvalue weighted by Gasteiger charge is 2.09. The molecule has 0 aliphatic heterocycles. The van der Waals surface area contributed by atoms with Gasteiger partial charge in [0.15, 0.2) is 0 Å². The first-order valence-electron chi connectivity index (χ1n) is 7.43. The monoisotopic (exact) mass is 285 g/mol. The van der Waals surface area contributed by atoms with Crippen molar-refractivity contribution >= 4 is 5.91 Å². The molecule has 1 N–H and O–H groups in total. The zero-order chi connectivity index (χ0) is 15.2.